The van der Waals surface area contributed by atoms with Gasteiger partial charge < -0.3 is 0 Å². The van der Waals surface area contributed by atoms with Gasteiger partial charge in [-0.25, -0.2) is 0 Å². The summed E-state index contributed by atoms with van der Waals surface area (Å²) >= 11 is 0. The summed E-state index contributed by atoms with van der Waals surface area (Å²) < 4.78 is 1.66. The molecule has 1 aromatic heterocycles. The summed E-state index contributed by atoms with van der Waals surface area (Å²) in [5.41, 5.74) is -0.0185. The first kappa shape index (κ1) is 10.5. The van der Waals surface area contributed by atoms with Gasteiger partial charge in [0.25, 0.3) is 0 Å². The molecule has 4 heteroatoms. The molecule has 0 spiro atoms. The molecule has 1 atom stereocenters. The fraction of sp³-hybridized carbons (Fsp3) is 0.500. The molecule has 1 rings (SSSR count). The topological polar surface area (TPSA) is 58.7 Å². The molecule has 0 aliphatic carbocycles. The fourth-order valence-corrected chi connectivity index (χ4v) is 1.21. The number of nitriles is 1. The molecule has 0 bridgehead atoms. The summed E-state index contributed by atoms with van der Waals surface area (Å²) in [6.45, 7) is 3.10. The number of aryl methyl sites for hydroxylation is 1. The van der Waals surface area contributed by atoms with Crippen LogP contribution in [-0.2, 0) is 18.3 Å². The Labute approximate surface area is 83.1 Å². The molecule has 0 radical (unpaired) electrons. The summed E-state index contributed by atoms with van der Waals surface area (Å²) in [6, 6.07) is 2.05. The molecule has 4 nitrogen and oxygen atoms in total. The van der Waals surface area contributed by atoms with Crippen LogP contribution >= 0.6 is 0 Å². The standard InChI is InChI=1S/C10H13N3O/c1-8(14)10(2,7-11)4-9-5-12-13(3)6-9/h5-6H,4H2,1-3H3. The maximum Gasteiger partial charge on any atom is 0.150 e. The lowest BCUT2D eigenvalue weighted by molar-refractivity contribution is -0.123. The van der Waals surface area contributed by atoms with Gasteiger partial charge in [0, 0.05) is 19.7 Å². The van der Waals surface area contributed by atoms with E-state index in [1.165, 1.54) is 6.92 Å². The molecule has 14 heavy (non-hydrogen) atoms. The smallest absolute Gasteiger partial charge is 0.150 e. The third kappa shape index (κ3) is 1.99. The average Bonchev–Trinajstić information content (AvgIpc) is 2.50. The number of carbonyl (C=O) groups is 1. The van der Waals surface area contributed by atoms with E-state index in [0.29, 0.717) is 6.42 Å². The number of Topliss-reactive ketones (excluding diaryl/α,β-unsaturated/α-hetero) is 1. The van der Waals surface area contributed by atoms with E-state index in [4.69, 9.17) is 5.26 Å². The maximum atomic E-state index is 11.3. The quantitative estimate of drug-likeness (QED) is 0.718. The summed E-state index contributed by atoms with van der Waals surface area (Å²) in [7, 11) is 1.81. The fourth-order valence-electron chi connectivity index (χ4n) is 1.21. The lowest BCUT2D eigenvalue weighted by Crippen LogP contribution is -2.25. The van der Waals surface area contributed by atoms with E-state index in [9.17, 15) is 4.79 Å². The van der Waals surface area contributed by atoms with Gasteiger partial charge >= 0.3 is 0 Å². The first-order chi connectivity index (χ1) is 6.48. The first-order valence-corrected chi connectivity index (χ1v) is 4.38. The highest BCUT2D eigenvalue weighted by Crippen LogP contribution is 2.22. The van der Waals surface area contributed by atoms with Gasteiger partial charge in [-0.1, -0.05) is 0 Å². The predicted octanol–water partition coefficient (Wildman–Crippen LogP) is 1.08. The number of aromatic nitrogens is 2. The van der Waals surface area contributed by atoms with Crippen LogP contribution < -0.4 is 0 Å². The molecule has 0 aromatic carbocycles. The number of hydrogen-bond donors (Lipinski definition) is 0. The van der Waals surface area contributed by atoms with Gasteiger partial charge in [0.15, 0.2) is 0 Å². The van der Waals surface area contributed by atoms with Crippen molar-refractivity contribution in [1.29, 1.82) is 5.26 Å². The van der Waals surface area contributed by atoms with Crippen LogP contribution in [0.1, 0.15) is 19.4 Å². The van der Waals surface area contributed by atoms with Gasteiger partial charge in [-0.2, -0.15) is 10.4 Å². The minimum atomic E-state index is -0.928. The van der Waals surface area contributed by atoms with Crippen molar-refractivity contribution in [3.8, 4) is 6.07 Å². The molecule has 74 valence electrons. The summed E-state index contributed by atoms with van der Waals surface area (Å²) in [6.07, 6.45) is 3.92. The monoisotopic (exact) mass is 191 g/mol. The Hall–Kier alpha value is -1.63. The number of carbonyl (C=O) groups excluding carboxylic acids is 1. The molecule has 0 aliphatic rings. The zero-order valence-electron chi connectivity index (χ0n) is 8.61. The van der Waals surface area contributed by atoms with E-state index in [-0.39, 0.29) is 5.78 Å². The summed E-state index contributed by atoms with van der Waals surface area (Å²) in [4.78, 5) is 11.3. The van der Waals surface area contributed by atoms with Crippen molar-refractivity contribution in [2.45, 2.75) is 20.3 Å². The van der Waals surface area contributed by atoms with Crippen molar-refractivity contribution in [3.63, 3.8) is 0 Å². The van der Waals surface area contributed by atoms with Gasteiger partial charge in [0.1, 0.15) is 11.2 Å². The second-order valence-electron chi connectivity index (χ2n) is 3.70. The van der Waals surface area contributed by atoms with Crippen molar-refractivity contribution in [1.82, 2.24) is 9.78 Å². The molecule has 1 aromatic rings. The summed E-state index contributed by atoms with van der Waals surface area (Å²) in [5.74, 6) is -0.108. The van der Waals surface area contributed by atoms with Crippen molar-refractivity contribution >= 4 is 5.78 Å². The molecule has 0 N–H and O–H groups in total. The first-order valence-electron chi connectivity index (χ1n) is 4.38. The number of ketones is 1. The number of hydrogen-bond acceptors (Lipinski definition) is 3. The Morgan fingerprint density at radius 1 is 1.79 bits per heavy atom. The molecule has 1 unspecified atom stereocenters. The Morgan fingerprint density at radius 2 is 2.43 bits per heavy atom. The minimum Gasteiger partial charge on any atom is -0.298 e. The molecule has 0 saturated heterocycles. The highest BCUT2D eigenvalue weighted by molar-refractivity contribution is 5.85. The van der Waals surface area contributed by atoms with Gasteiger partial charge in [0.2, 0.25) is 0 Å². The van der Waals surface area contributed by atoms with Crippen LogP contribution in [0.5, 0.6) is 0 Å². The van der Waals surface area contributed by atoms with Crippen molar-refractivity contribution in [3.05, 3.63) is 18.0 Å². The van der Waals surface area contributed by atoms with Crippen molar-refractivity contribution < 1.29 is 4.79 Å². The average molecular weight is 191 g/mol. The lowest BCUT2D eigenvalue weighted by Gasteiger charge is -2.16. The third-order valence-electron chi connectivity index (χ3n) is 2.34. The zero-order valence-corrected chi connectivity index (χ0v) is 8.61. The molecular weight excluding hydrogens is 178 g/mol. The summed E-state index contributed by atoms with van der Waals surface area (Å²) in [5, 5.41) is 12.9. The van der Waals surface area contributed by atoms with Gasteiger partial charge in [-0.05, 0) is 19.4 Å². The SMILES string of the molecule is CC(=O)C(C)(C#N)Cc1cnn(C)c1. The Balaban J connectivity index is 2.87. The molecule has 1 heterocycles. The Morgan fingerprint density at radius 3 is 2.79 bits per heavy atom. The van der Waals surface area contributed by atoms with Crippen LogP contribution in [0.15, 0.2) is 12.4 Å². The predicted molar refractivity (Wildman–Crippen MR) is 51.3 cm³/mol. The van der Waals surface area contributed by atoms with E-state index >= 15 is 0 Å². The van der Waals surface area contributed by atoms with Crippen LogP contribution in [0.25, 0.3) is 0 Å². The third-order valence-corrected chi connectivity index (χ3v) is 2.34. The second-order valence-corrected chi connectivity index (χ2v) is 3.70. The van der Waals surface area contributed by atoms with Crippen LogP contribution in [0.3, 0.4) is 0 Å². The van der Waals surface area contributed by atoms with E-state index in [1.807, 2.05) is 12.3 Å². The zero-order chi connectivity index (χ0) is 10.8. The Kier molecular flexibility index (Phi) is 2.70. The van der Waals surface area contributed by atoms with Gasteiger partial charge in [-0.3, -0.25) is 9.48 Å². The molecule has 0 fully saturated rings. The van der Waals surface area contributed by atoms with E-state index < -0.39 is 5.41 Å². The van der Waals surface area contributed by atoms with Crippen molar-refractivity contribution in [2.24, 2.45) is 12.5 Å². The van der Waals surface area contributed by atoms with Crippen LogP contribution in [0.4, 0.5) is 0 Å². The van der Waals surface area contributed by atoms with Crippen LogP contribution in [0, 0.1) is 16.7 Å². The molecule has 0 saturated carbocycles. The highest BCUT2D eigenvalue weighted by atomic mass is 16.1. The lowest BCUT2D eigenvalue weighted by atomic mass is 9.82. The largest absolute Gasteiger partial charge is 0.298 e. The normalized spacial score (nSPS) is 14.4. The molecular formula is C10H13N3O. The highest BCUT2D eigenvalue weighted by Gasteiger charge is 2.30. The molecule has 0 amide bonds. The molecule has 0 aliphatic heterocycles. The number of nitrogens with zero attached hydrogens (tertiary/aromatic N) is 3. The van der Waals surface area contributed by atoms with Crippen LogP contribution in [0.2, 0.25) is 0 Å². The van der Waals surface area contributed by atoms with Crippen LogP contribution in [-0.4, -0.2) is 15.6 Å². The minimum absolute atomic E-state index is 0.108. The Bertz CT molecular complexity index is 388. The van der Waals surface area contributed by atoms with E-state index in [2.05, 4.69) is 5.10 Å². The van der Waals surface area contributed by atoms with E-state index in [0.717, 1.165) is 5.56 Å². The second kappa shape index (κ2) is 3.62. The van der Waals surface area contributed by atoms with E-state index in [1.54, 1.807) is 24.9 Å². The van der Waals surface area contributed by atoms with Gasteiger partial charge in [0.05, 0.1) is 12.3 Å². The number of rotatable bonds is 3. The van der Waals surface area contributed by atoms with Gasteiger partial charge in [-0.15, -0.1) is 0 Å². The van der Waals surface area contributed by atoms with Crippen molar-refractivity contribution in [2.75, 3.05) is 0 Å². The maximum absolute atomic E-state index is 11.3.